The first-order valence-electron chi connectivity index (χ1n) is 15.1. The van der Waals surface area contributed by atoms with Gasteiger partial charge in [-0.2, -0.15) is 0 Å². The zero-order valence-corrected chi connectivity index (χ0v) is 25.5. The number of fused-ring (bicyclic) bond motifs is 3. The minimum absolute atomic E-state index is 0.341. The van der Waals surface area contributed by atoms with E-state index in [0.29, 0.717) is 23.0 Å². The Labute approximate surface area is 248 Å². The molecule has 1 N–H and O–H groups in total. The van der Waals surface area contributed by atoms with E-state index in [1.807, 2.05) is 32.2 Å². The van der Waals surface area contributed by atoms with Crippen LogP contribution in [0.4, 0.5) is 0 Å². The number of rotatable bonds is 8. The summed E-state index contributed by atoms with van der Waals surface area (Å²) in [6.45, 7) is 7.65. The lowest BCUT2D eigenvalue weighted by molar-refractivity contribution is -0.0143. The van der Waals surface area contributed by atoms with Crippen molar-refractivity contribution in [3.8, 4) is 22.5 Å². The quantitative estimate of drug-likeness (QED) is 0.294. The van der Waals surface area contributed by atoms with Crippen LogP contribution in [0.15, 0.2) is 71.8 Å². The highest BCUT2D eigenvalue weighted by molar-refractivity contribution is 7.90. The molecule has 3 fully saturated rings. The van der Waals surface area contributed by atoms with Gasteiger partial charge in [0, 0.05) is 73.4 Å². The number of piperazine rings is 1. The molecule has 42 heavy (non-hydrogen) atoms. The van der Waals surface area contributed by atoms with Crippen molar-refractivity contribution in [2.45, 2.75) is 74.7 Å². The van der Waals surface area contributed by atoms with E-state index in [9.17, 15) is 13.5 Å². The second kappa shape index (κ2) is 10.3. The Kier molecular flexibility index (Phi) is 6.81. The molecule has 2 aromatic heterocycles. The van der Waals surface area contributed by atoms with E-state index in [1.54, 1.807) is 12.1 Å². The molecule has 2 unspecified atom stereocenters. The van der Waals surface area contributed by atoms with Crippen LogP contribution < -0.4 is 0 Å². The van der Waals surface area contributed by atoms with Gasteiger partial charge in [-0.25, -0.2) is 8.42 Å². The Balaban J connectivity index is 1.10. The minimum atomic E-state index is -3.23. The van der Waals surface area contributed by atoms with Crippen LogP contribution in [0.5, 0.6) is 0 Å². The first-order chi connectivity index (χ1) is 20.0. The van der Waals surface area contributed by atoms with E-state index >= 15 is 0 Å². The Morgan fingerprint density at radius 3 is 2.10 bits per heavy atom. The van der Waals surface area contributed by atoms with Gasteiger partial charge in [0.25, 0.3) is 0 Å². The van der Waals surface area contributed by atoms with E-state index < -0.39 is 15.4 Å². The van der Waals surface area contributed by atoms with Crippen LogP contribution in [0, 0.1) is 0 Å². The topological polar surface area (TPSA) is 78.7 Å². The largest absolute Gasteiger partial charge is 0.389 e. The van der Waals surface area contributed by atoms with Crippen molar-refractivity contribution in [2.75, 3.05) is 25.9 Å². The molecular formula is C34H40N4O3S. The SMILES string of the molecule is CC(C)(O)CN1C2CCC1CN(Cc1ccc(-c3cc4c(cn3)cc(-c3ccc(S(C)(=O)=O)cc3)n4C3CC3)cc1)C2. The van der Waals surface area contributed by atoms with E-state index in [2.05, 4.69) is 50.8 Å². The van der Waals surface area contributed by atoms with Crippen LogP contribution in [-0.2, 0) is 16.4 Å². The zero-order chi connectivity index (χ0) is 29.2. The molecule has 220 valence electrons. The van der Waals surface area contributed by atoms with Crippen LogP contribution >= 0.6 is 0 Å². The third-order valence-corrected chi connectivity index (χ3v) is 10.3. The first kappa shape index (κ1) is 27.8. The second-order valence-corrected chi connectivity index (χ2v) is 15.3. The highest BCUT2D eigenvalue weighted by Crippen LogP contribution is 2.43. The van der Waals surface area contributed by atoms with Gasteiger partial charge < -0.3 is 9.67 Å². The summed E-state index contributed by atoms with van der Waals surface area (Å²) in [6.07, 6.45) is 7.96. The summed E-state index contributed by atoms with van der Waals surface area (Å²) in [5.74, 6) is 0. The van der Waals surface area contributed by atoms with E-state index in [0.717, 1.165) is 66.9 Å². The Hall–Kier alpha value is -3.04. The van der Waals surface area contributed by atoms with Crippen molar-refractivity contribution in [2.24, 2.45) is 0 Å². The maximum absolute atomic E-state index is 12.0. The molecule has 2 bridgehead atoms. The number of pyridine rings is 1. The summed E-state index contributed by atoms with van der Waals surface area (Å²) < 4.78 is 26.3. The Morgan fingerprint density at radius 2 is 1.50 bits per heavy atom. The highest BCUT2D eigenvalue weighted by atomic mass is 32.2. The number of benzene rings is 2. The third-order valence-electron chi connectivity index (χ3n) is 9.15. The van der Waals surface area contributed by atoms with Crippen LogP contribution in [0.2, 0.25) is 0 Å². The lowest BCUT2D eigenvalue weighted by Crippen LogP contribution is -2.56. The molecule has 0 radical (unpaired) electrons. The van der Waals surface area contributed by atoms with Crippen molar-refractivity contribution in [1.82, 2.24) is 19.4 Å². The standard InChI is InChI=1S/C34H40N4O3S/c1-34(2,39)22-37-28-12-13-29(37)21-36(20-28)19-23-4-6-24(7-5-23)31-17-33-26(18-35-31)16-32(38(33)27-10-11-27)25-8-14-30(15-9-25)42(3,40)41/h4-9,14-18,27-29,39H,10-13,19-22H2,1-3H3. The van der Waals surface area contributed by atoms with Crippen LogP contribution in [0.1, 0.15) is 51.1 Å². The van der Waals surface area contributed by atoms with Gasteiger partial charge in [0.1, 0.15) is 0 Å². The fraction of sp³-hybridized carbons (Fsp3) is 0.441. The monoisotopic (exact) mass is 584 g/mol. The summed E-state index contributed by atoms with van der Waals surface area (Å²) in [5.41, 5.74) is 6.04. The molecular weight excluding hydrogens is 544 g/mol. The Bertz CT molecular complexity index is 1700. The normalized spacial score (nSPS) is 21.8. The summed E-state index contributed by atoms with van der Waals surface area (Å²) in [7, 11) is -3.23. The molecule has 2 aliphatic heterocycles. The van der Waals surface area contributed by atoms with Crippen LogP contribution in [0.25, 0.3) is 33.4 Å². The predicted molar refractivity (Wildman–Crippen MR) is 167 cm³/mol. The van der Waals surface area contributed by atoms with Crippen molar-refractivity contribution in [3.63, 3.8) is 0 Å². The maximum Gasteiger partial charge on any atom is 0.175 e. The number of aromatic nitrogens is 2. The highest BCUT2D eigenvalue weighted by Gasteiger charge is 2.41. The van der Waals surface area contributed by atoms with E-state index in [-0.39, 0.29) is 0 Å². The average molecular weight is 585 g/mol. The van der Waals surface area contributed by atoms with Crippen LogP contribution in [0.3, 0.4) is 0 Å². The lowest BCUT2D eigenvalue weighted by Gasteiger charge is -2.43. The first-order valence-corrected chi connectivity index (χ1v) is 17.0. The summed E-state index contributed by atoms with van der Waals surface area (Å²) in [4.78, 5) is 10.3. The van der Waals surface area contributed by atoms with Gasteiger partial charge in [-0.3, -0.25) is 14.8 Å². The van der Waals surface area contributed by atoms with E-state index in [1.165, 1.54) is 30.2 Å². The molecule has 0 amide bonds. The fourth-order valence-corrected chi connectivity index (χ4v) is 7.68. The summed E-state index contributed by atoms with van der Waals surface area (Å²) in [5, 5.41) is 11.5. The number of hydrogen-bond acceptors (Lipinski definition) is 6. The minimum Gasteiger partial charge on any atom is -0.389 e. The number of likely N-dealkylation sites (tertiary alicyclic amines) is 1. The summed E-state index contributed by atoms with van der Waals surface area (Å²) >= 11 is 0. The van der Waals surface area contributed by atoms with Gasteiger partial charge >= 0.3 is 0 Å². The molecule has 7 nitrogen and oxygen atoms in total. The third kappa shape index (κ3) is 5.53. The van der Waals surface area contributed by atoms with Gasteiger partial charge in [-0.05, 0) is 74.9 Å². The molecule has 1 saturated carbocycles. The molecule has 8 heteroatoms. The Morgan fingerprint density at radius 1 is 0.881 bits per heavy atom. The van der Waals surface area contributed by atoms with Gasteiger partial charge in [-0.15, -0.1) is 0 Å². The molecule has 7 rings (SSSR count). The number of aliphatic hydroxyl groups is 1. The molecule has 2 saturated heterocycles. The smallest absolute Gasteiger partial charge is 0.175 e. The number of hydrogen-bond donors (Lipinski definition) is 1. The molecule has 3 aliphatic rings. The molecule has 4 heterocycles. The number of nitrogens with zero attached hydrogens (tertiary/aromatic N) is 4. The van der Waals surface area contributed by atoms with Gasteiger partial charge in [0.05, 0.1) is 21.7 Å². The molecule has 1 aliphatic carbocycles. The van der Waals surface area contributed by atoms with Crippen molar-refractivity contribution >= 4 is 20.7 Å². The number of sulfone groups is 1. The van der Waals surface area contributed by atoms with Crippen LogP contribution in [-0.4, -0.2) is 76.4 Å². The van der Waals surface area contributed by atoms with Crippen molar-refractivity contribution in [1.29, 1.82) is 0 Å². The van der Waals surface area contributed by atoms with Crippen molar-refractivity contribution in [3.05, 3.63) is 72.4 Å². The maximum atomic E-state index is 12.0. The van der Waals surface area contributed by atoms with Crippen molar-refractivity contribution < 1.29 is 13.5 Å². The molecule has 2 aromatic carbocycles. The summed E-state index contributed by atoms with van der Waals surface area (Å²) in [6, 6.07) is 22.0. The molecule has 2 atom stereocenters. The van der Waals surface area contributed by atoms with Gasteiger partial charge in [-0.1, -0.05) is 36.4 Å². The second-order valence-electron chi connectivity index (χ2n) is 13.3. The lowest BCUT2D eigenvalue weighted by atomic mass is 10.0. The van der Waals surface area contributed by atoms with Gasteiger partial charge in [0.15, 0.2) is 9.84 Å². The fourth-order valence-electron chi connectivity index (χ4n) is 7.05. The van der Waals surface area contributed by atoms with E-state index in [4.69, 9.17) is 4.98 Å². The predicted octanol–water partition coefficient (Wildman–Crippen LogP) is 5.53. The average Bonchev–Trinajstić information content (AvgIpc) is 3.67. The molecule has 0 spiro atoms. The van der Waals surface area contributed by atoms with Gasteiger partial charge in [0.2, 0.25) is 0 Å². The molecule has 4 aromatic rings. The zero-order valence-electron chi connectivity index (χ0n) is 24.7.